The molecule has 3 heterocycles. The summed E-state index contributed by atoms with van der Waals surface area (Å²) in [5, 5.41) is 16.8. The van der Waals surface area contributed by atoms with E-state index in [1.54, 1.807) is 7.11 Å². The predicted molar refractivity (Wildman–Crippen MR) is 164 cm³/mol. The summed E-state index contributed by atoms with van der Waals surface area (Å²) < 4.78 is 15.3. The molecule has 4 N–H and O–H groups in total. The number of quaternary nitrogens is 1. The van der Waals surface area contributed by atoms with Gasteiger partial charge in [-0.1, -0.05) is 17.7 Å². The number of likely N-dealkylation sites (tertiary alicyclic amines) is 1. The molecule has 41 heavy (non-hydrogen) atoms. The first kappa shape index (κ1) is 30.3. The zero-order chi connectivity index (χ0) is 29.3. The number of urea groups is 1. The first-order valence-corrected chi connectivity index (χ1v) is 17.0. The summed E-state index contributed by atoms with van der Waals surface area (Å²) in [6.07, 6.45) is 2.53. The van der Waals surface area contributed by atoms with Crippen LogP contribution in [0.4, 0.5) is 16.3 Å². The van der Waals surface area contributed by atoms with Gasteiger partial charge in [0, 0.05) is 0 Å². The number of nitrogens with one attached hydrogen (secondary N) is 4. The van der Waals surface area contributed by atoms with Crippen molar-refractivity contribution >= 4 is 66.3 Å². The summed E-state index contributed by atoms with van der Waals surface area (Å²) in [4.78, 5) is 24.0. The van der Waals surface area contributed by atoms with Gasteiger partial charge in [-0.05, 0) is 28.7 Å². The molecule has 3 aromatic rings. The molecule has 0 aliphatic carbocycles. The van der Waals surface area contributed by atoms with Crippen LogP contribution >= 0.6 is 34.2 Å². The monoisotopic (exact) mass is 805 g/mol. The number of rotatable bonds is 8. The molecule has 2 atom stereocenters. The molecule has 0 radical (unpaired) electrons. The van der Waals surface area contributed by atoms with Crippen LogP contribution in [0.2, 0.25) is 5.02 Å². The number of carbonyl (C=O) groups excluding carboxylic acids is 1. The van der Waals surface area contributed by atoms with Crippen molar-refractivity contribution in [1.82, 2.24) is 20.2 Å². The quantitative estimate of drug-likeness (QED) is 0.118. The number of carbonyl (C=O) groups is 1. The van der Waals surface area contributed by atoms with Crippen LogP contribution in [0, 0.1) is 8.98 Å². The number of ether oxygens (including phenoxy) is 2. The number of anilines is 2. The normalized spacial score (nSPS) is 19.2. The Hall–Kier alpha value is -2.17. The number of piperidine rings is 1. The standard InChI is InChI=1S/C28H34ClI2N7O3/c1-28(2,3)36-27(39)38-9-8-16(12-21(38)25(32)31-37-10-11-37)41-23-13-17-20(14-22(23)40-4)33-15-34-26(17)35-19-7-5-6-18(29)24(19)30/h5-7,13-16,21,32,37H,8-12H2,1-4H3,(H,36,39)(H,33,34,35)/t16-,21-/m0/s1. The average molecular weight is 806 g/mol. The van der Waals surface area contributed by atoms with Crippen LogP contribution in [0.3, 0.4) is 0 Å². The number of nitrogens with zero attached hydrogens (tertiary/aromatic N) is 3. The molecule has 220 valence electrons. The first-order chi connectivity index (χ1) is 19.5. The van der Waals surface area contributed by atoms with Crippen LogP contribution in [0.5, 0.6) is 11.5 Å². The molecule has 2 fully saturated rings. The van der Waals surface area contributed by atoms with Gasteiger partial charge in [0.2, 0.25) is 0 Å². The van der Waals surface area contributed by atoms with E-state index in [0.29, 0.717) is 51.0 Å². The molecule has 1 aromatic heterocycles. The van der Waals surface area contributed by atoms with Crippen LogP contribution in [-0.2, 0) is 0 Å². The zero-order valence-corrected chi connectivity index (χ0v) is 28.4. The summed E-state index contributed by atoms with van der Waals surface area (Å²) in [6, 6.07) is 9.03. The van der Waals surface area contributed by atoms with E-state index < -0.39 is 21.5 Å². The van der Waals surface area contributed by atoms with E-state index in [1.165, 1.54) is 9.44 Å². The number of aromatic nitrogens is 2. The van der Waals surface area contributed by atoms with Crippen molar-refractivity contribution in [2.24, 2.45) is 0 Å². The Balaban J connectivity index is 1.41. The van der Waals surface area contributed by atoms with E-state index in [-0.39, 0.29) is 23.7 Å². The van der Waals surface area contributed by atoms with Crippen molar-refractivity contribution in [3.63, 3.8) is 0 Å². The van der Waals surface area contributed by atoms with E-state index in [1.807, 2.05) is 56.0 Å². The maximum atomic E-state index is 13.2. The average Bonchev–Trinajstić information content (AvgIpc) is 3.74. The fourth-order valence-electron chi connectivity index (χ4n) is 4.59. The summed E-state index contributed by atoms with van der Waals surface area (Å²) in [5.41, 5.74) is 1.20. The van der Waals surface area contributed by atoms with E-state index in [0.717, 1.165) is 27.7 Å². The maximum absolute atomic E-state index is 13.2. The van der Waals surface area contributed by atoms with Gasteiger partial charge < -0.3 is 0 Å². The minimum absolute atomic E-state index is 0.123. The fourth-order valence-corrected chi connectivity index (χ4v) is 7.84. The summed E-state index contributed by atoms with van der Waals surface area (Å²) in [5.74, 6) is 1.77. The molecule has 2 aromatic carbocycles. The van der Waals surface area contributed by atoms with Gasteiger partial charge >= 0.3 is 220 Å². The number of benzene rings is 2. The van der Waals surface area contributed by atoms with Crippen LogP contribution in [0.15, 0.2) is 36.7 Å². The fraction of sp³-hybridized carbons (Fsp3) is 0.429. The van der Waals surface area contributed by atoms with Crippen molar-refractivity contribution in [1.29, 1.82) is 5.41 Å². The SMILES string of the molecule is COc1cc2ncnc(Nc3cccc(Cl)c3I)c2cc1O[C@H]1CCN(C(=O)NC(C)(C)C)[C@H](C(=N)[I-][NH+]2CC2)C1. The second kappa shape index (κ2) is 12.6. The van der Waals surface area contributed by atoms with Crippen molar-refractivity contribution < 1.29 is 38.9 Å². The Morgan fingerprint density at radius 2 is 2.02 bits per heavy atom. The van der Waals surface area contributed by atoms with Crippen molar-refractivity contribution in [3.8, 4) is 11.5 Å². The molecule has 2 aliphatic rings. The molecule has 2 amide bonds. The van der Waals surface area contributed by atoms with E-state index >= 15 is 0 Å². The number of halogens is 3. The van der Waals surface area contributed by atoms with Crippen molar-refractivity contribution in [2.45, 2.75) is 51.3 Å². The van der Waals surface area contributed by atoms with Gasteiger partial charge in [-0.25, -0.2) is 0 Å². The van der Waals surface area contributed by atoms with Gasteiger partial charge in [0.15, 0.2) is 0 Å². The minimum atomic E-state index is -0.483. The second-order valence-corrected chi connectivity index (χ2v) is 15.8. The Bertz CT molecular complexity index is 1460. The Kier molecular flexibility index (Phi) is 9.31. The Morgan fingerprint density at radius 1 is 1.24 bits per heavy atom. The number of methoxy groups -OCH3 is 1. The molecule has 2 saturated heterocycles. The molecule has 13 heteroatoms. The molecular formula is C28H34ClI2N7O3. The van der Waals surface area contributed by atoms with Gasteiger partial charge in [-0.2, -0.15) is 0 Å². The van der Waals surface area contributed by atoms with Crippen LogP contribution < -0.4 is 44.7 Å². The summed E-state index contributed by atoms with van der Waals surface area (Å²) >= 11 is 8.06. The summed E-state index contributed by atoms with van der Waals surface area (Å²) in [6.45, 7) is 8.67. The molecule has 0 unspecified atom stereocenters. The molecule has 0 bridgehead atoms. The van der Waals surface area contributed by atoms with E-state index in [2.05, 4.69) is 43.2 Å². The molecule has 2 aliphatic heterocycles. The van der Waals surface area contributed by atoms with Gasteiger partial charge in [0.1, 0.15) is 0 Å². The van der Waals surface area contributed by atoms with Crippen LogP contribution in [0.25, 0.3) is 10.9 Å². The van der Waals surface area contributed by atoms with Gasteiger partial charge in [0.05, 0.1) is 5.02 Å². The van der Waals surface area contributed by atoms with Crippen molar-refractivity contribution in [3.05, 3.63) is 45.3 Å². The third kappa shape index (κ3) is 7.43. The number of fused-ring (bicyclic) bond motifs is 1. The first-order valence-electron chi connectivity index (χ1n) is 13.4. The molecule has 0 spiro atoms. The third-order valence-electron chi connectivity index (χ3n) is 6.68. The molecular weight excluding hydrogens is 772 g/mol. The third-order valence-corrected chi connectivity index (χ3v) is 11.6. The molecule has 5 rings (SSSR count). The molecule has 0 saturated carbocycles. The topological polar surface area (TPSA) is 117 Å². The van der Waals surface area contributed by atoms with Crippen molar-refractivity contribution in [2.75, 3.05) is 32.1 Å². The zero-order valence-electron chi connectivity index (χ0n) is 23.4. The number of amides is 2. The number of hydrogen-bond acceptors (Lipinski definition) is 7. The van der Waals surface area contributed by atoms with Gasteiger partial charge in [-0.3, -0.25) is 0 Å². The van der Waals surface area contributed by atoms with E-state index in [4.69, 9.17) is 26.5 Å². The molecule has 10 nitrogen and oxygen atoms in total. The summed E-state index contributed by atoms with van der Waals surface area (Å²) in [7, 11) is 1.61. The van der Waals surface area contributed by atoms with Crippen LogP contribution in [0.1, 0.15) is 33.6 Å². The van der Waals surface area contributed by atoms with Gasteiger partial charge in [-0.15, -0.1) is 0 Å². The Labute approximate surface area is 269 Å². The predicted octanol–water partition coefficient (Wildman–Crippen LogP) is 1.24. The number of hydrogen-bond donors (Lipinski definition) is 4. The van der Waals surface area contributed by atoms with E-state index in [9.17, 15) is 4.79 Å². The Morgan fingerprint density at radius 3 is 2.73 bits per heavy atom. The van der Waals surface area contributed by atoms with Gasteiger partial charge in [0.25, 0.3) is 0 Å². The second-order valence-electron chi connectivity index (χ2n) is 11.1. The van der Waals surface area contributed by atoms with Crippen LogP contribution in [-0.4, -0.2) is 69.0 Å².